The van der Waals surface area contributed by atoms with Gasteiger partial charge in [0.05, 0.1) is 0 Å². The smallest absolute Gasteiger partial charge is 0.223 e. The van der Waals surface area contributed by atoms with E-state index in [1.807, 2.05) is 6.92 Å². The zero-order valence-corrected chi connectivity index (χ0v) is 13.2. The van der Waals surface area contributed by atoms with Crippen LogP contribution in [0.15, 0.2) is 24.3 Å². The molecular weight excluding hydrogens is 291 g/mol. The van der Waals surface area contributed by atoms with Crippen LogP contribution in [0.2, 0.25) is 0 Å². The van der Waals surface area contributed by atoms with Gasteiger partial charge >= 0.3 is 0 Å². The van der Waals surface area contributed by atoms with Crippen molar-refractivity contribution in [2.75, 3.05) is 13.1 Å². The topological polar surface area (TPSA) is 55.1 Å². The van der Waals surface area contributed by atoms with Crippen LogP contribution in [0.1, 0.15) is 37.7 Å². The third-order valence-corrected chi connectivity index (χ3v) is 4.32. The molecule has 3 nitrogen and oxygen atoms in total. The molecule has 2 rings (SSSR count). The third kappa shape index (κ3) is 4.68. The average molecular weight is 315 g/mol. The number of benzene rings is 1. The average Bonchev–Trinajstić information content (AvgIpc) is 2.93. The Kier molecular flexibility index (Phi) is 7.12. The van der Waals surface area contributed by atoms with Gasteiger partial charge in [-0.05, 0) is 48.9 Å². The van der Waals surface area contributed by atoms with Crippen molar-refractivity contribution in [2.24, 2.45) is 17.6 Å². The number of hydrogen-bond donors (Lipinski definition) is 2. The van der Waals surface area contributed by atoms with Crippen LogP contribution in [0.4, 0.5) is 4.39 Å². The van der Waals surface area contributed by atoms with Crippen LogP contribution in [0, 0.1) is 17.7 Å². The number of halogens is 2. The number of nitrogens with two attached hydrogens (primary N) is 1. The quantitative estimate of drug-likeness (QED) is 0.878. The molecule has 3 N–H and O–H groups in total. The van der Waals surface area contributed by atoms with Crippen LogP contribution in [-0.2, 0) is 4.79 Å². The zero-order chi connectivity index (χ0) is 14.5. The van der Waals surface area contributed by atoms with Gasteiger partial charge in [0.25, 0.3) is 0 Å². The monoisotopic (exact) mass is 314 g/mol. The second kappa shape index (κ2) is 8.35. The summed E-state index contributed by atoms with van der Waals surface area (Å²) in [4.78, 5) is 12.2. The number of rotatable bonds is 5. The van der Waals surface area contributed by atoms with Crippen molar-refractivity contribution < 1.29 is 9.18 Å². The number of carbonyl (C=O) groups excluding carboxylic acids is 1. The molecule has 1 aromatic rings. The number of nitrogens with one attached hydrogen (secondary N) is 1. The Balaban J connectivity index is 0.00000220. The minimum Gasteiger partial charge on any atom is -0.355 e. The number of hydrogen-bond acceptors (Lipinski definition) is 2. The Morgan fingerprint density at radius 2 is 2.05 bits per heavy atom. The third-order valence-electron chi connectivity index (χ3n) is 4.32. The first-order valence-corrected chi connectivity index (χ1v) is 7.35. The Bertz CT molecular complexity index is 452. The van der Waals surface area contributed by atoms with Crippen LogP contribution in [0.3, 0.4) is 0 Å². The highest BCUT2D eigenvalue weighted by molar-refractivity contribution is 5.85. The molecule has 0 saturated heterocycles. The minimum absolute atomic E-state index is 0. The summed E-state index contributed by atoms with van der Waals surface area (Å²) in [5.41, 5.74) is 6.74. The van der Waals surface area contributed by atoms with E-state index in [9.17, 15) is 9.18 Å². The van der Waals surface area contributed by atoms with Crippen molar-refractivity contribution in [3.05, 3.63) is 35.6 Å². The van der Waals surface area contributed by atoms with Crippen molar-refractivity contribution in [3.63, 3.8) is 0 Å². The van der Waals surface area contributed by atoms with Gasteiger partial charge in [0.1, 0.15) is 5.82 Å². The van der Waals surface area contributed by atoms with Crippen molar-refractivity contribution >= 4 is 18.3 Å². The zero-order valence-electron chi connectivity index (χ0n) is 12.3. The van der Waals surface area contributed by atoms with Gasteiger partial charge in [0.2, 0.25) is 5.91 Å². The molecule has 118 valence electrons. The van der Waals surface area contributed by atoms with E-state index in [2.05, 4.69) is 5.32 Å². The van der Waals surface area contributed by atoms with Gasteiger partial charge in [0, 0.05) is 12.5 Å². The molecule has 1 saturated carbocycles. The van der Waals surface area contributed by atoms with Crippen molar-refractivity contribution in [3.8, 4) is 0 Å². The summed E-state index contributed by atoms with van der Waals surface area (Å²) >= 11 is 0. The Hall–Kier alpha value is -1.13. The van der Waals surface area contributed by atoms with E-state index in [0.29, 0.717) is 19.0 Å². The summed E-state index contributed by atoms with van der Waals surface area (Å²) in [5, 5.41) is 3.01. The molecule has 0 heterocycles. The molecule has 0 spiro atoms. The molecule has 3 atom stereocenters. The Morgan fingerprint density at radius 1 is 1.38 bits per heavy atom. The standard InChI is InChI=1S/C16H23FN2O.ClH/c1-11(12-5-7-14(17)8-6-12)10-19-16(20)15-4-2-3-13(15)9-18;/h5-8,11,13,15H,2-4,9-10,18H2,1H3,(H,19,20);1H/t11?,13-,15-;/m1./s1. The van der Waals surface area contributed by atoms with E-state index >= 15 is 0 Å². The highest BCUT2D eigenvalue weighted by Gasteiger charge is 2.31. The van der Waals surface area contributed by atoms with Gasteiger partial charge < -0.3 is 11.1 Å². The molecule has 1 aliphatic rings. The van der Waals surface area contributed by atoms with E-state index in [4.69, 9.17) is 5.73 Å². The molecule has 5 heteroatoms. The number of carbonyl (C=O) groups is 1. The van der Waals surface area contributed by atoms with Gasteiger partial charge in [-0.15, -0.1) is 12.4 Å². The lowest BCUT2D eigenvalue weighted by Gasteiger charge is -2.19. The summed E-state index contributed by atoms with van der Waals surface area (Å²) in [5.74, 6) is 0.461. The van der Waals surface area contributed by atoms with Crippen LogP contribution in [-0.4, -0.2) is 19.0 Å². The fraction of sp³-hybridized carbons (Fsp3) is 0.562. The van der Waals surface area contributed by atoms with E-state index in [1.54, 1.807) is 12.1 Å². The predicted molar refractivity (Wildman–Crippen MR) is 85.0 cm³/mol. The van der Waals surface area contributed by atoms with E-state index in [-0.39, 0.29) is 36.0 Å². The van der Waals surface area contributed by atoms with Crippen molar-refractivity contribution in [1.29, 1.82) is 0 Å². The molecule has 21 heavy (non-hydrogen) atoms. The fourth-order valence-electron chi connectivity index (χ4n) is 2.96. The molecule has 1 aromatic carbocycles. The van der Waals surface area contributed by atoms with Gasteiger partial charge in [-0.3, -0.25) is 4.79 Å². The molecule has 0 aliphatic heterocycles. The Labute approximate surface area is 131 Å². The molecular formula is C16H24ClFN2O. The van der Waals surface area contributed by atoms with Gasteiger partial charge in [-0.1, -0.05) is 25.5 Å². The van der Waals surface area contributed by atoms with Crippen LogP contribution >= 0.6 is 12.4 Å². The van der Waals surface area contributed by atoms with Crippen LogP contribution in [0.25, 0.3) is 0 Å². The second-order valence-electron chi connectivity index (χ2n) is 5.73. The molecule has 0 aromatic heterocycles. The molecule has 0 bridgehead atoms. The molecule has 0 radical (unpaired) electrons. The number of amides is 1. The first-order valence-electron chi connectivity index (χ1n) is 7.35. The normalized spacial score (nSPS) is 22.4. The first-order chi connectivity index (χ1) is 9.61. The molecule has 1 aliphatic carbocycles. The van der Waals surface area contributed by atoms with Gasteiger partial charge in [-0.25, -0.2) is 4.39 Å². The summed E-state index contributed by atoms with van der Waals surface area (Å²) in [6.07, 6.45) is 3.09. The summed E-state index contributed by atoms with van der Waals surface area (Å²) < 4.78 is 12.9. The highest BCUT2D eigenvalue weighted by Crippen LogP contribution is 2.31. The lowest BCUT2D eigenvalue weighted by atomic mass is 9.94. The maximum absolute atomic E-state index is 12.9. The lowest BCUT2D eigenvalue weighted by Crippen LogP contribution is -2.36. The van der Waals surface area contributed by atoms with Gasteiger partial charge in [-0.2, -0.15) is 0 Å². The summed E-state index contributed by atoms with van der Waals surface area (Å²) in [6, 6.07) is 6.44. The minimum atomic E-state index is -0.235. The largest absolute Gasteiger partial charge is 0.355 e. The van der Waals surface area contributed by atoms with E-state index < -0.39 is 0 Å². The molecule has 1 unspecified atom stereocenters. The van der Waals surface area contributed by atoms with Crippen molar-refractivity contribution in [2.45, 2.75) is 32.1 Å². The maximum atomic E-state index is 12.9. The summed E-state index contributed by atoms with van der Waals surface area (Å²) in [6.45, 7) is 3.20. The first kappa shape index (κ1) is 17.9. The summed E-state index contributed by atoms with van der Waals surface area (Å²) in [7, 11) is 0. The van der Waals surface area contributed by atoms with Crippen molar-refractivity contribution in [1.82, 2.24) is 5.32 Å². The lowest BCUT2D eigenvalue weighted by molar-refractivity contribution is -0.126. The van der Waals surface area contributed by atoms with E-state index in [0.717, 1.165) is 24.8 Å². The maximum Gasteiger partial charge on any atom is 0.223 e. The Morgan fingerprint density at radius 3 is 2.67 bits per heavy atom. The van der Waals surface area contributed by atoms with Crippen LogP contribution in [0.5, 0.6) is 0 Å². The molecule has 1 amide bonds. The van der Waals surface area contributed by atoms with E-state index in [1.165, 1.54) is 12.1 Å². The second-order valence-corrected chi connectivity index (χ2v) is 5.73. The fourth-order valence-corrected chi connectivity index (χ4v) is 2.96. The highest BCUT2D eigenvalue weighted by atomic mass is 35.5. The predicted octanol–water partition coefficient (Wildman–Crippen LogP) is 2.84. The van der Waals surface area contributed by atoms with Crippen LogP contribution < -0.4 is 11.1 Å². The SMILES string of the molecule is CC(CNC(=O)[C@@H]1CCC[C@@H]1CN)c1ccc(F)cc1.Cl. The van der Waals surface area contributed by atoms with Gasteiger partial charge in [0.15, 0.2) is 0 Å². The molecule has 1 fully saturated rings.